The van der Waals surface area contributed by atoms with Gasteiger partial charge in [0, 0.05) is 23.2 Å². The van der Waals surface area contributed by atoms with E-state index in [4.69, 9.17) is 19.4 Å². The van der Waals surface area contributed by atoms with Crippen molar-refractivity contribution in [2.24, 2.45) is 0 Å². The van der Waals surface area contributed by atoms with Crippen LogP contribution in [0.15, 0.2) is 59.6 Å². The van der Waals surface area contributed by atoms with Crippen molar-refractivity contribution in [1.29, 1.82) is 0 Å². The van der Waals surface area contributed by atoms with Gasteiger partial charge in [-0.15, -0.1) is 0 Å². The van der Waals surface area contributed by atoms with E-state index >= 15 is 0 Å². The molecule has 1 aromatic heterocycles. The largest absolute Gasteiger partial charge is 0.497 e. The Hall–Kier alpha value is -2.90. The number of hydrogen-bond donors (Lipinski definition) is 1. The third-order valence-electron chi connectivity index (χ3n) is 5.30. The summed E-state index contributed by atoms with van der Waals surface area (Å²) in [7, 11) is 1.64. The SMILES string of the molecule is COc1ccc(-c2nc3c(c(SC(C)C(=O)Nc4ccccc4)n2)COC(C)(C)C3)cc1. The standard InChI is InChI=1S/C25H27N3O3S/c1-16(23(29)26-18-8-6-5-7-9-18)32-24-20-15-31-25(2,3)14-21(20)27-22(28-24)17-10-12-19(30-4)13-11-17/h5-13,16H,14-15H2,1-4H3,(H,26,29). The van der Waals surface area contributed by atoms with Crippen LogP contribution in [0.1, 0.15) is 32.0 Å². The van der Waals surface area contributed by atoms with E-state index < -0.39 is 0 Å². The summed E-state index contributed by atoms with van der Waals surface area (Å²) in [5.41, 5.74) is 3.32. The molecule has 1 atom stereocenters. The summed E-state index contributed by atoms with van der Waals surface area (Å²) in [6.45, 7) is 6.44. The molecule has 1 unspecified atom stereocenters. The zero-order valence-electron chi connectivity index (χ0n) is 18.7. The van der Waals surface area contributed by atoms with Gasteiger partial charge < -0.3 is 14.8 Å². The number of carbonyl (C=O) groups is 1. The summed E-state index contributed by atoms with van der Waals surface area (Å²) in [6.07, 6.45) is 0.687. The van der Waals surface area contributed by atoms with E-state index in [1.54, 1.807) is 7.11 Å². The van der Waals surface area contributed by atoms with Crippen molar-refractivity contribution in [3.8, 4) is 17.1 Å². The molecule has 32 heavy (non-hydrogen) atoms. The van der Waals surface area contributed by atoms with Crippen LogP contribution in [0.3, 0.4) is 0 Å². The number of fused-ring (bicyclic) bond motifs is 1. The Balaban J connectivity index is 1.64. The molecule has 0 spiro atoms. The van der Waals surface area contributed by atoms with Crippen molar-refractivity contribution in [2.75, 3.05) is 12.4 Å². The van der Waals surface area contributed by atoms with Gasteiger partial charge in [0.05, 0.1) is 30.3 Å². The molecule has 1 N–H and O–H groups in total. The third kappa shape index (κ3) is 5.11. The second-order valence-electron chi connectivity index (χ2n) is 8.35. The number of nitrogens with zero attached hydrogens (tertiary/aromatic N) is 2. The molecule has 0 saturated carbocycles. The smallest absolute Gasteiger partial charge is 0.237 e. The molecule has 2 aromatic carbocycles. The highest BCUT2D eigenvalue weighted by molar-refractivity contribution is 8.00. The quantitative estimate of drug-likeness (QED) is 0.416. The molecule has 166 valence electrons. The second-order valence-corrected chi connectivity index (χ2v) is 9.68. The van der Waals surface area contributed by atoms with Crippen LogP contribution in [0.4, 0.5) is 5.69 Å². The molecule has 1 aliphatic heterocycles. The maximum atomic E-state index is 12.8. The topological polar surface area (TPSA) is 73.3 Å². The van der Waals surface area contributed by atoms with Gasteiger partial charge in [0.25, 0.3) is 0 Å². The maximum Gasteiger partial charge on any atom is 0.237 e. The summed E-state index contributed by atoms with van der Waals surface area (Å²) in [5, 5.41) is 3.41. The lowest BCUT2D eigenvalue weighted by molar-refractivity contribution is -0.115. The number of thioether (sulfide) groups is 1. The minimum Gasteiger partial charge on any atom is -0.497 e. The number of benzene rings is 2. The highest BCUT2D eigenvalue weighted by Gasteiger charge is 2.31. The Bertz CT molecular complexity index is 1100. The first-order valence-electron chi connectivity index (χ1n) is 10.6. The number of ether oxygens (including phenoxy) is 2. The predicted octanol–water partition coefficient (Wildman–Crippen LogP) is 5.12. The fourth-order valence-corrected chi connectivity index (χ4v) is 4.43. The number of rotatable bonds is 6. The van der Waals surface area contributed by atoms with E-state index in [2.05, 4.69) is 19.2 Å². The molecule has 6 nitrogen and oxygen atoms in total. The normalized spacial score (nSPS) is 15.5. The summed E-state index contributed by atoms with van der Waals surface area (Å²) < 4.78 is 11.3. The van der Waals surface area contributed by atoms with Gasteiger partial charge in [-0.2, -0.15) is 0 Å². The predicted molar refractivity (Wildman–Crippen MR) is 127 cm³/mol. The van der Waals surface area contributed by atoms with Gasteiger partial charge in [-0.25, -0.2) is 9.97 Å². The number of amides is 1. The number of carbonyl (C=O) groups excluding carboxylic acids is 1. The van der Waals surface area contributed by atoms with Crippen LogP contribution in [-0.2, 0) is 22.6 Å². The zero-order chi connectivity index (χ0) is 22.7. The Labute approximate surface area is 192 Å². The zero-order valence-corrected chi connectivity index (χ0v) is 19.5. The van der Waals surface area contributed by atoms with Crippen molar-refractivity contribution in [3.63, 3.8) is 0 Å². The lowest BCUT2D eigenvalue weighted by Crippen LogP contribution is -2.33. The van der Waals surface area contributed by atoms with Gasteiger partial charge in [-0.3, -0.25) is 4.79 Å². The van der Waals surface area contributed by atoms with E-state index in [1.165, 1.54) is 11.8 Å². The van der Waals surface area contributed by atoms with Crippen molar-refractivity contribution in [3.05, 3.63) is 65.9 Å². The number of methoxy groups -OCH3 is 1. The maximum absolute atomic E-state index is 12.8. The number of anilines is 1. The lowest BCUT2D eigenvalue weighted by Gasteiger charge is -2.32. The van der Waals surface area contributed by atoms with Gasteiger partial charge in [0.15, 0.2) is 5.82 Å². The fraction of sp³-hybridized carbons (Fsp3) is 0.320. The van der Waals surface area contributed by atoms with Crippen molar-refractivity contribution in [2.45, 2.75) is 49.7 Å². The van der Waals surface area contributed by atoms with Gasteiger partial charge in [0.2, 0.25) is 5.91 Å². The van der Waals surface area contributed by atoms with Crippen molar-refractivity contribution in [1.82, 2.24) is 9.97 Å². The van der Waals surface area contributed by atoms with Crippen LogP contribution in [0.25, 0.3) is 11.4 Å². The average Bonchev–Trinajstić information content (AvgIpc) is 2.78. The van der Waals surface area contributed by atoms with Crippen LogP contribution in [0.2, 0.25) is 0 Å². The number of aromatic nitrogens is 2. The summed E-state index contributed by atoms with van der Waals surface area (Å²) in [5.74, 6) is 1.35. The van der Waals surface area contributed by atoms with Crippen LogP contribution in [-0.4, -0.2) is 33.8 Å². The molecule has 3 aromatic rings. The Kier molecular flexibility index (Phi) is 6.48. The first-order valence-corrected chi connectivity index (χ1v) is 11.4. The average molecular weight is 450 g/mol. The molecule has 0 aliphatic carbocycles. The van der Waals surface area contributed by atoms with E-state index in [-0.39, 0.29) is 16.8 Å². The highest BCUT2D eigenvalue weighted by Crippen LogP contribution is 2.36. The molecule has 0 saturated heterocycles. The van der Waals surface area contributed by atoms with Crippen LogP contribution >= 0.6 is 11.8 Å². The second kappa shape index (κ2) is 9.30. The molecule has 7 heteroatoms. The van der Waals surface area contributed by atoms with E-state index in [0.29, 0.717) is 18.9 Å². The Morgan fingerprint density at radius 2 is 1.84 bits per heavy atom. The van der Waals surface area contributed by atoms with Crippen molar-refractivity contribution >= 4 is 23.4 Å². The minimum atomic E-state index is -0.340. The molecular weight excluding hydrogens is 422 g/mol. The number of nitrogens with one attached hydrogen (secondary N) is 1. The monoisotopic (exact) mass is 449 g/mol. The fourth-order valence-electron chi connectivity index (χ4n) is 3.47. The molecule has 0 bridgehead atoms. The lowest BCUT2D eigenvalue weighted by atomic mass is 9.96. The van der Waals surface area contributed by atoms with Crippen molar-refractivity contribution < 1.29 is 14.3 Å². The van der Waals surface area contributed by atoms with Crippen LogP contribution in [0, 0.1) is 0 Å². The van der Waals surface area contributed by atoms with Gasteiger partial charge in [-0.1, -0.05) is 30.0 Å². The molecule has 1 aliphatic rings. The van der Waals surface area contributed by atoms with Crippen LogP contribution < -0.4 is 10.1 Å². The first-order chi connectivity index (χ1) is 15.3. The van der Waals surface area contributed by atoms with E-state index in [0.717, 1.165) is 33.3 Å². The minimum absolute atomic E-state index is 0.0726. The summed E-state index contributed by atoms with van der Waals surface area (Å²) >= 11 is 1.43. The van der Waals surface area contributed by atoms with E-state index in [1.807, 2.05) is 61.5 Å². The first kappa shape index (κ1) is 22.3. The summed E-state index contributed by atoms with van der Waals surface area (Å²) in [4.78, 5) is 22.5. The summed E-state index contributed by atoms with van der Waals surface area (Å²) in [6, 6.07) is 17.2. The molecule has 2 heterocycles. The van der Waals surface area contributed by atoms with Gasteiger partial charge in [-0.05, 0) is 57.2 Å². The highest BCUT2D eigenvalue weighted by atomic mass is 32.2. The van der Waals surface area contributed by atoms with Gasteiger partial charge >= 0.3 is 0 Å². The number of para-hydroxylation sites is 1. The Morgan fingerprint density at radius 3 is 2.53 bits per heavy atom. The molecule has 0 radical (unpaired) electrons. The third-order valence-corrected chi connectivity index (χ3v) is 6.43. The van der Waals surface area contributed by atoms with E-state index in [9.17, 15) is 4.79 Å². The molecule has 1 amide bonds. The Morgan fingerprint density at radius 1 is 1.12 bits per heavy atom. The van der Waals surface area contributed by atoms with Crippen LogP contribution in [0.5, 0.6) is 5.75 Å². The molecule has 4 rings (SSSR count). The molecular formula is C25H27N3O3S. The molecule has 0 fully saturated rings. The number of hydrogen-bond acceptors (Lipinski definition) is 6. The van der Waals surface area contributed by atoms with Gasteiger partial charge in [0.1, 0.15) is 10.8 Å².